The Morgan fingerprint density at radius 3 is 2.21 bits per heavy atom. The van der Waals surface area contributed by atoms with Gasteiger partial charge in [0, 0.05) is 12.1 Å². The van der Waals surface area contributed by atoms with Crippen molar-refractivity contribution in [1.82, 2.24) is 0 Å². The van der Waals surface area contributed by atoms with Crippen molar-refractivity contribution >= 4 is 6.08 Å². The van der Waals surface area contributed by atoms with Gasteiger partial charge in [-0.05, 0) is 25.1 Å². The molecule has 0 aromatic heterocycles. The molecule has 3 aliphatic rings. The molecule has 3 aliphatic heterocycles. The Labute approximate surface area is 244 Å². The zero-order chi connectivity index (χ0) is 31.2. The highest BCUT2D eigenvalue weighted by atomic mass is 16.7. The number of benzene rings is 2. The van der Waals surface area contributed by atoms with Crippen LogP contribution in [0.5, 0.6) is 28.7 Å². The number of rotatable bonds is 7. The van der Waals surface area contributed by atoms with Crippen LogP contribution < -0.4 is 4.74 Å². The second-order valence-corrected chi connectivity index (χ2v) is 10.6. The van der Waals surface area contributed by atoms with Gasteiger partial charge in [-0.25, -0.2) is 0 Å². The van der Waals surface area contributed by atoms with Gasteiger partial charge in [0.05, 0.1) is 31.5 Å². The van der Waals surface area contributed by atoms with Gasteiger partial charge in [0.15, 0.2) is 23.5 Å². The minimum Gasteiger partial charge on any atom is -0.571 e. The lowest BCUT2D eigenvalue weighted by Gasteiger charge is -2.42. The van der Waals surface area contributed by atoms with Crippen molar-refractivity contribution in [1.29, 1.82) is 0 Å². The summed E-state index contributed by atoms with van der Waals surface area (Å²) in [6.45, 7) is 0.972. The monoisotopic (exact) mass is 611 g/mol. The zero-order valence-electron chi connectivity index (χ0n) is 23.0. The summed E-state index contributed by atoms with van der Waals surface area (Å²) < 4.78 is 32.5. The fourth-order valence-electron chi connectivity index (χ4n) is 5.12. The quantitative estimate of drug-likeness (QED) is 0.167. The standard InChI is InChI=1S/C28H34O15/c1-10-20(32)22(34)24(36)27(40-10)39-9-19-21(33)23(35)25(37)28(43-19)42-18-8-13-15(31)6-12(29)7-16(13)41-26(18)11-3-4-14(30)17(5-11)38-2/h3-8,10,19-37H,9H2,1-2H3/p+1. The van der Waals surface area contributed by atoms with E-state index in [0.29, 0.717) is 5.56 Å². The average molecular weight is 612 g/mol. The first kappa shape index (κ1) is 31.1. The number of phenols is 3. The fraction of sp³-hybridized carbons (Fsp3) is 0.500. The molecule has 0 saturated carbocycles. The van der Waals surface area contributed by atoms with E-state index in [0.717, 1.165) is 6.07 Å². The first-order valence-electron chi connectivity index (χ1n) is 13.4. The van der Waals surface area contributed by atoms with Crippen molar-refractivity contribution in [3.8, 4) is 28.7 Å². The number of methoxy groups -OCH3 is 1. The Morgan fingerprint density at radius 2 is 1.49 bits per heavy atom. The molecule has 0 radical (unpaired) electrons. The lowest BCUT2D eigenvalue weighted by molar-refractivity contribution is -0.325. The summed E-state index contributed by atoms with van der Waals surface area (Å²) in [6.07, 6.45) is -14.6. The van der Waals surface area contributed by atoms with Gasteiger partial charge in [-0.2, -0.15) is 0 Å². The van der Waals surface area contributed by atoms with E-state index < -0.39 is 74.1 Å². The van der Waals surface area contributed by atoms with Gasteiger partial charge in [0.2, 0.25) is 6.29 Å². The molecule has 43 heavy (non-hydrogen) atoms. The second kappa shape index (κ2) is 12.3. The third-order valence-electron chi connectivity index (χ3n) is 7.62. The van der Waals surface area contributed by atoms with E-state index in [4.69, 9.17) is 23.7 Å². The van der Waals surface area contributed by atoms with Crippen LogP contribution in [0.2, 0.25) is 0 Å². The minimum atomic E-state index is -1.78. The molecule has 0 aliphatic carbocycles. The lowest BCUT2D eigenvalue weighted by Crippen LogP contribution is -2.61. The maximum atomic E-state index is 10.8. The van der Waals surface area contributed by atoms with Crippen LogP contribution in [-0.4, -0.2) is 126 Å². The molecule has 5 rings (SSSR count). The van der Waals surface area contributed by atoms with Crippen LogP contribution in [0.3, 0.4) is 0 Å². The smallest absolute Gasteiger partial charge is 0.270 e. The second-order valence-electron chi connectivity index (χ2n) is 10.6. The fourth-order valence-corrected chi connectivity index (χ4v) is 5.12. The van der Waals surface area contributed by atoms with Gasteiger partial charge in [0.25, 0.3) is 11.9 Å². The van der Waals surface area contributed by atoms with E-state index in [-0.39, 0.29) is 40.1 Å². The van der Waals surface area contributed by atoms with Crippen LogP contribution in [-0.2, 0) is 18.9 Å². The molecule has 10 N–H and O–H groups in total. The molecule has 15 heteroatoms. The van der Waals surface area contributed by atoms with Crippen molar-refractivity contribution in [3.63, 3.8) is 0 Å². The third-order valence-corrected chi connectivity index (χ3v) is 7.62. The molecule has 2 saturated heterocycles. The molecule has 2 aromatic carbocycles. The molecule has 15 nitrogen and oxygen atoms in total. The van der Waals surface area contributed by atoms with Crippen molar-refractivity contribution in [2.24, 2.45) is 0 Å². The molecule has 3 heterocycles. The van der Waals surface area contributed by atoms with Crippen molar-refractivity contribution < 1.29 is 74.4 Å². The molecule has 0 bridgehead atoms. The Morgan fingerprint density at radius 1 is 0.791 bits per heavy atom. The summed E-state index contributed by atoms with van der Waals surface area (Å²) in [4.78, 5) is 0. The number of ether oxygens (including phenoxy) is 6. The topological polar surface area (TPSA) is 241 Å². The number of aliphatic hydroxyl groups is 7. The Bertz CT molecular complexity index is 1330. The predicted molar refractivity (Wildman–Crippen MR) is 143 cm³/mol. The van der Waals surface area contributed by atoms with E-state index in [9.17, 15) is 46.0 Å². The predicted octanol–water partition coefficient (Wildman–Crippen LogP) is -1.18. The maximum absolute atomic E-state index is 10.8. The number of hydrogen-bond donors (Lipinski definition) is 9. The van der Waals surface area contributed by atoms with E-state index in [1.807, 2.05) is 0 Å². The van der Waals surface area contributed by atoms with Gasteiger partial charge in [0.1, 0.15) is 59.8 Å². The Balaban J connectivity index is 1.40. The SMILES string of the molecule is COc1cc(C2[OH+]c3cc(O)cc(O)c3C=C2OC2OC(COC3OC(C)C(O)C(O)C3O)C(O)C(O)C2O)ccc1O. The molecule has 236 valence electrons. The van der Waals surface area contributed by atoms with Crippen LogP contribution in [0.15, 0.2) is 36.1 Å². The summed E-state index contributed by atoms with van der Waals surface area (Å²) in [5.74, 6) is -0.346. The average Bonchev–Trinajstić information content (AvgIpc) is 2.98. The lowest BCUT2D eigenvalue weighted by atomic mass is 9.98. The highest BCUT2D eigenvalue weighted by Gasteiger charge is 2.48. The molecule has 2 aromatic rings. The first-order valence-corrected chi connectivity index (χ1v) is 13.4. The zero-order valence-corrected chi connectivity index (χ0v) is 23.0. The maximum Gasteiger partial charge on any atom is 0.270 e. The summed E-state index contributed by atoms with van der Waals surface area (Å²) in [7, 11) is 1.36. The van der Waals surface area contributed by atoms with E-state index in [1.54, 1.807) is 0 Å². The van der Waals surface area contributed by atoms with Gasteiger partial charge >= 0.3 is 0 Å². The largest absolute Gasteiger partial charge is 0.571 e. The Hall–Kier alpha value is -3.38. The summed E-state index contributed by atoms with van der Waals surface area (Å²) >= 11 is 0. The van der Waals surface area contributed by atoms with E-state index in [1.165, 1.54) is 44.4 Å². The Kier molecular flexibility index (Phi) is 8.89. The number of aromatic hydroxyl groups is 4. The van der Waals surface area contributed by atoms with Crippen LogP contribution >= 0.6 is 0 Å². The van der Waals surface area contributed by atoms with Crippen LogP contribution in [0.1, 0.15) is 24.2 Å². The normalized spacial score (nSPS) is 35.8. The molecule has 11 unspecified atom stereocenters. The number of aliphatic hydroxyl groups excluding tert-OH is 6. The van der Waals surface area contributed by atoms with Crippen molar-refractivity contribution in [2.45, 2.75) is 74.4 Å². The van der Waals surface area contributed by atoms with E-state index in [2.05, 4.69) is 4.74 Å². The van der Waals surface area contributed by atoms with Crippen LogP contribution in [0, 0.1) is 0 Å². The van der Waals surface area contributed by atoms with Gasteiger partial charge < -0.3 is 74.4 Å². The van der Waals surface area contributed by atoms with Crippen LogP contribution in [0.25, 0.3) is 6.08 Å². The highest BCUT2D eigenvalue weighted by Crippen LogP contribution is 2.46. The first-order chi connectivity index (χ1) is 20.4. The van der Waals surface area contributed by atoms with Gasteiger partial charge in [-0.1, -0.05) is 0 Å². The third kappa shape index (κ3) is 6.04. The van der Waals surface area contributed by atoms with Crippen molar-refractivity contribution in [2.75, 3.05) is 13.7 Å². The van der Waals surface area contributed by atoms with E-state index >= 15 is 0 Å². The van der Waals surface area contributed by atoms with Gasteiger partial charge in [-0.3, -0.25) is 0 Å². The summed E-state index contributed by atoms with van der Waals surface area (Å²) in [5.41, 5.74) is 0.623. The highest BCUT2D eigenvalue weighted by molar-refractivity contribution is 5.69. The number of hydrogen-bond acceptors (Lipinski definition) is 14. The number of phenolic OH excluding ortho intramolecular Hbond substituents is 3. The summed E-state index contributed by atoms with van der Waals surface area (Å²) in [6, 6.07) is 6.82. The molecule has 2 fully saturated rings. The van der Waals surface area contributed by atoms with Gasteiger partial charge in [-0.15, -0.1) is 0 Å². The molecule has 0 amide bonds. The molecular weight excluding hydrogens is 576 g/mol. The molecule has 11 atom stereocenters. The molecule has 0 spiro atoms. The number of fused-ring (bicyclic) bond motifs is 1. The minimum absolute atomic E-state index is 0.0190. The van der Waals surface area contributed by atoms with Crippen LogP contribution in [0.4, 0.5) is 0 Å². The molecular formula is C28H35O15+. The van der Waals surface area contributed by atoms with Crippen molar-refractivity contribution in [3.05, 3.63) is 47.2 Å². The summed E-state index contributed by atoms with van der Waals surface area (Å²) in [5, 5.41) is 92.7.